The molecule has 0 spiro atoms. The van der Waals surface area contributed by atoms with Gasteiger partial charge in [-0.15, -0.1) is 10.2 Å². The van der Waals surface area contributed by atoms with Gasteiger partial charge in [-0.05, 0) is 70.1 Å². The Morgan fingerprint density at radius 3 is 2.52 bits per heavy atom. The van der Waals surface area contributed by atoms with Crippen LogP contribution in [-0.2, 0) is 20.7 Å². The lowest BCUT2D eigenvalue weighted by molar-refractivity contribution is -0.124. The molecule has 3 aromatic rings. The molecule has 50 heavy (non-hydrogen) atoms. The molecule has 0 saturated heterocycles. The number of carbonyl (C=O) groups excluding carboxylic acids is 4. The first-order valence-electron chi connectivity index (χ1n) is 17.8. The number of Topliss-reactive ketones (excluding diaryl/α,β-unsaturated/α-hetero) is 2. The number of ether oxygens (including phenoxy) is 1. The van der Waals surface area contributed by atoms with Crippen molar-refractivity contribution in [2.24, 2.45) is 4.99 Å². The lowest BCUT2D eigenvalue weighted by Crippen LogP contribution is -2.46. The number of rotatable bonds is 12. The average Bonchev–Trinajstić information content (AvgIpc) is 3.69. The zero-order valence-electron chi connectivity index (χ0n) is 29.0. The molecule has 7 rings (SSSR count). The van der Waals surface area contributed by atoms with Crippen molar-refractivity contribution < 1.29 is 23.9 Å². The lowest BCUT2D eigenvalue weighted by atomic mass is 9.93. The van der Waals surface area contributed by atoms with Crippen molar-refractivity contribution in [3.8, 4) is 0 Å². The summed E-state index contributed by atoms with van der Waals surface area (Å²) in [5.41, 5.74) is 8.25. The van der Waals surface area contributed by atoms with Crippen LogP contribution in [0.3, 0.4) is 0 Å². The first-order valence-corrected chi connectivity index (χ1v) is 17.8. The van der Waals surface area contributed by atoms with Crippen molar-refractivity contribution in [2.75, 3.05) is 13.2 Å². The van der Waals surface area contributed by atoms with Crippen LogP contribution in [0.25, 0.3) is 5.70 Å². The van der Waals surface area contributed by atoms with Gasteiger partial charge >= 0.3 is 0 Å². The summed E-state index contributed by atoms with van der Waals surface area (Å²) in [5.74, 6) is 0.838. The molecule has 0 N–H and O–H groups in total. The maximum Gasteiger partial charge on any atom is 0.262 e. The number of carbonyl (C=O) groups is 4. The van der Waals surface area contributed by atoms with Gasteiger partial charge in [0.05, 0.1) is 22.9 Å². The van der Waals surface area contributed by atoms with Gasteiger partial charge in [-0.3, -0.25) is 33.6 Å². The Kier molecular flexibility index (Phi) is 9.55. The topological polar surface area (TPSA) is 124 Å². The van der Waals surface area contributed by atoms with Crippen LogP contribution in [0.2, 0.25) is 0 Å². The van der Waals surface area contributed by atoms with Gasteiger partial charge in [-0.1, -0.05) is 54.5 Å². The maximum atomic E-state index is 13.4. The summed E-state index contributed by atoms with van der Waals surface area (Å²) in [6, 6.07) is 14.4. The minimum absolute atomic E-state index is 0.0284. The van der Waals surface area contributed by atoms with Crippen molar-refractivity contribution in [1.29, 1.82) is 0 Å². The summed E-state index contributed by atoms with van der Waals surface area (Å²) in [6.07, 6.45) is 5.79. The van der Waals surface area contributed by atoms with Gasteiger partial charge in [0.15, 0.2) is 11.6 Å². The number of nitrogens with zero attached hydrogens (tertiary/aromatic N) is 5. The molecular formula is C40H43N5O5. The van der Waals surface area contributed by atoms with Gasteiger partial charge in [-0.2, -0.15) is 0 Å². The molecule has 2 aliphatic carbocycles. The van der Waals surface area contributed by atoms with Crippen molar-refractivity contribution in [3.05, 3.63) is 99.2 Å². The Balaban J connectivity index is 0.940. The van der Waals surface area contributed by atoms with Gasteiger partial charge in [0.2, 0.25) is 0 Å². The molecule has 2 aromatic carbocycles. The van der Waals surface area contributed by atoms with Gasteiger partial charge in [-0.25, -0.2) is 0 Å². The molecule has 2 amide bonds. The van der Waals surface area contributed by atoms with E-state index in [4.69, 9.17) is 9.73 Å². The third-order valence-electron chi connectivity index (χ3n) is 10.5. The molecule has 258 valence electrons. The van der Waals surface area contributed by atoms with Crippen LogP contribution >= 0.6 is 0 Å². The van der Waals surface area contributed by atoms with E-state index in [1.54, 1.807) is 12.1 Å². The third-order valence-corrected chi connectivity index (χ3v) is 10.5. The summed E-state index contributed by atoms with van der Waals surface area (Å²) >= 11 is 0. The van der Waals surface area contributed by atoms with Crippen molar-refractivity contribution in [1.82, 2.24) is 19.7 Å². The minimum Gasteiger partial charge on any atom is -0.381 e. The number of benzene rings is 2. The molecular weight excluding hydrogens is 630 g/mol. The summed E-state index contributed by atoms with van der Waals surface area (Å²) < 4.78 is 8.00. The molecule has 2 unspecified atom stereocenters. The maximum absolute atomic E-state index is 13.4. The summed E-state index contributed by atoms with van der Waals surface area (Å²) in [7, 11) is 0. The third kappa shape index (κ3) is 6.21. The van der Waals surface area contributed by atoms with E-state index in [-0.39, 0.29) is 29.8 Å². The van der Waals surface area contributed by atoms with Crippen LogP contribution in [0.4, 0.5) is 0 Å². The number of aromatic nitrogens is 3. The second kappa shape index (κ2) is 14.2. The highest BCUT2D eigenvalue weighted by molar-refractivity contribution is 6.23. The van der Waals surface area contributed by atoms with Crippen LogP contribution in [0, 0.1) is 6.92 Å². The number of aliphatic imine (C=N–C) groups is 1. The van der Waals surface area contributed by atoms with Crippen molar-refractivity contribution in [2.45, 2.75) is 97.1 Å². The number of ketones is 2. The smallest absolute Gasteiger partial charge is 0.262 e. The molecule has 3 heterocycles. The highest BCUT2D eigenvalue weighted by atomic mass is 16.5. The van der Waals surface area contributed by atoms with E-state index in [1.807, 2.05) is 31.2 Å². The highest BCUT2D eigenvalue weighted by Crippen LogP contribution is 2.42. The molecule has 10 nitrogen and oxygen atoms in total. The van der Waals surface area contributed by atoms with Gasteiger partial charge < -0.3 is 4.74 Å². The van der Waals surface area contributed by atoms with Gasteiger partial charge in [0, 0.05) is 55.7 Å². The number of imide groups is 1. The molecule has 2 aliphatic heterocycles. The normalized spacial score (nSPS) is 20.3. The fourth-order valence-corrected chi connectivity index (χ4v) is 7.82. The van der Waals surface area contributed by atoms with E-state index in [2.05, 4.69) is 40.7 Å². The highest BCUT2D eigenvalue weighted by Gasteiger charge is 2.44. The molecule has 1 aromatic heterocycles. The number of fused-ring (bicyclic) bond motifs is 3. The van der Waals surface area contributed by atoms with Crippen LogP contribution in [0.1, 0.15) is 121 Å². The Labute approximate surface area is 292 Å². The number of hydrogen-bond donors (Lipinski definition) is 0. The summed E-state index contributed by atoms with van der Waals surface area (Å²) in [5, 5.41) is 8.92. The number of aryl methyl sites for hydroxylation is 2. The van der Waals surface area contributed by atoms with Crippen LogP contribution in [0.15, 0.2) is 70.2 Å². The quantitative estimate of drug-likeness (QED) is 0.157. The van der Waals surface area contributed by atoms with Gasteiger partial charge in [0.1, 0.15) is 17.6 Å². The number of amides is 2. The Hall–Kier alpha value is -4.83. The van der Waals surface area contributed by atoms with Crippen LogP contribution in [-0.4, -0.2) is 68.0 Å². The molecule has 1 fully saturated rings. The first-order chi connectivity index (χ1) is 24.2. The van der Waals surface area contributed by atoms with Gasteiger partial charge in [0.25, 0.3) is 11.8 Å². The lowest BCUT2D eigenvalue weighted by Gasteiger charge is -2.28. The molecule has 0 bridgehead atoms. The predicted octanol–water partition coefficient (Wildman–Crippen LogP) is 6.58. The fourth-order valence-electron chi connectivity index (χ4n) is 7.82. The Morgan fingerprint density at radius 2 is 1.72 bits per heavy atom. The average molecular weight is 674 g/mol. The first kappa shape index (κ1) is 33.7. The molecule has 10 heteroatoms. The predicted molar refractivity (Wildman–Crippen MR) is 189 cm³/mol. The van der Waals surface area contributed by atoms with E-state index in [9.17, 15) is 19.2 Å². The monoisotopic (exact) mass is 673 g/mol. The summed E-state index contributed by atoms with van der Waals surface area (Å²) in [4.78, 5) is 58.8. The molecule has 4 aliphatic rings. The number of allylic oxidation sites excluding steroid dienone is 4. The zero-order chi connectivity index (χ0) is 34.9. The Morgan fingerprint density at radius 1 is 0.920 bits per heavy atom. The standard InChI is InChI=1S/C40H43N5O5/c1-24-22-33-35(25(24)2)37(28-12-5-4-6-13-28)41-31(38-43-42-26(3)44(33)38)23-29(46)16-11-21-50-20-10-15-27-14-9-17-30-36(27)40(49)45(39(30)48)32-18-7-8-19-34(32)47/h4-6,9,12-14,17,31-32H,7-8,10-11,15-16,18-23H2,1-3H3. The van der Waals surface area contributed by atoms with Crippen molar-refractivity contribution in [3.63, 3.8) is 0 Å². The second-order valence-electron chi connectivity index (χ2n) is 13.8. The van der Waals surface area contributed by atoms with E-state index in [0.29, 0.717) is 68.7 Å². The Bertz CT molecular complexity index is 1970. The number of hydrogen-bond acceptors (Lipinski definition) is 8. The van der Waals surface area contributed by atoms with E-state index in [0.717, 1.165) is 53.2 Å². The van der Waals surface area contributed by atoms with Crippen molar-refractivity contribution >= 4 is 34.8 Å². The fraction of sp³-hybridized carbons (Fsp3) is 0.425. The van der Waals surface area contributed by atoms with Crippen LogP contribution in [0.5, 0.6) is 0 Å². The van der Waals surface area contributed by atoms with Crippen LogP contribution < -0.4 is 0 Å². The van der Waals surface area contributed by atoms with E-state index < -0.39 is 12.1 Å². The SMILES string of the molecule is CC1=C(C)C2=C(C1)n1c(C)nnc1C(CC(=O)CCCOCCCc1cccc3c1C(=O)N(C1CCCCC1=O)C3=O)N=C2c1ccccc1. The molecule has 2 atom stereocenters. The molecule has 1 saturated carbocycles. The zero-order valence-corrected chi connectivity index (χ0v) is 29.0. The minimum atomic E-state index is -0.652. The summed E-state index contributed by atoms with van der Waals surface area (Å²) in [6.45, 7) is 7.14. The van der Waals surface area contributed by atoms with E-state index >= 15 is 0 Å². The molecule has 0 radical (unpaired) electrons. The van der Waals surface area contributed by atoms with E-state index in [1.165, 1.54) is 16.0 Å². The largest absolute Gasteiger partial charge is 0.381 e. The second-order valence-corrected chi connectivity index (χ2v) is 13.8.